The molecule has 10 rings (SSSR count). The van der Waals surface area contributed by atoms with Gasteiger partial charge >= 0.3 is 0 Å². The normalized spacial score (nSPS) is 11.5. The van der Waals surface area contributed by atoms with Crippen LogP contribution in [0.4, 0.5) is 17.1 Å². The lowest BCUT2D eigenvalue weighted by atomic mass is 9.85. The zero-order chi connectivity index (χ0) is 36.2. The number of hydrogen-bond donors (Lipinski definition) is 0. The SMILES string of the molecule is Cc1cccc(N(c2ccccc2)c2ccc3c(c2)c2ccccc2n3-c2ccc(-c3c4ccccc4c(-c4ccccc4C)c4ccccc34)cc2)c1. The molecule has 256 valence electrons. The van der Waals surface area contributed by atoms with Crippen LogP contribution in [0.2, 0.25) is 0 Å². The van der Waals surface area contributed by atoms with Gasteiger partial charge in [0.2, 0.25) is 0 Å². The predicted octanol–water partition coefficient (Wildman–Crippen LogP) is 14.5. The molecule has 9 aromatic carbocycles. The van der Waals surface area contributed by atoms with Crippen LogP contribution in [0.1, 0.15) is 11.1 Å². The summed E-state index contributed by atoms with van der Waals surface area (Å²) < 4.78 is 2.41. The first-order chi connectivity index (χ1) is 26.6. The van der Waals surface area contributed by atoms with Gasteiger partial charge in [-0.3, -0.25) is 0 Å². The zero-order valence-corrected chi connectivity index (χ0v) is 30.4. The summed E-state index contributed by atoms with van der Waals surface area (Å²) >= 11 is 0. The topological polar surface area (TPSA) is 8.17 Å². The molecule has 0 aliphatic rings. The molecule has 0 aliphatic carbocycles. The zero-order valence-electron chi connectivity index (χ0n) is 30.4. The Morgan fingerprint density at radius 3 is 1.61 bits per heavy atom. The summed E-state index contributed by atoms with van der Waals surface area (Å²) in [6.45, 7) is 4.37. The van der Waals surface area contributed by atoms with Crippen molar-refractivity contribution in [2.24, 2.45) is 0 Å². The Kier molecular flexibility index (Phi) is 7.63. The molecule has 0 fully saturated rings. The number of nitrogens with zero attached hydrogens (tertiary/aromatic N) is 2. The highest BCUT2D eigenvalue weighted by atomic mass is 15.1. The highest BCUT2D eigenvalue weighted by Gasteiger charge is 2.20. The summed E-state index contributed by atoms with van der Waals surface area (Å²) in [6.07, 6.45) is 0. The van der Waals surface area contributed by atoms with Crippen LogP contribution in [0, 0.1) is 13.8 Å². The van der Waals surface area contributed by atoms with Gasteiger partial charge in [0, 0.05) is 33.5 Å². The molecule has 0 radical (unpaired) electrons. The van der Waals surface area contributed by atoms with E-state index in [0.717, 1.165) is 22.7 Å². The van der Waals surface area contributed by atoms with Crippen LogP contribution < -0.4 is 4.90 Å². The van der Waals surface area contributed by atoms with Crippen LogP contribution in [0.3, 0.4) is 0 Å². The van der Waals surface area contributed by atoms with Gasteiger partial charge in [-0.2, -0.15) is 0 Å². The first-order valence-electron chi connectivity index (χ1n) is 18.7. The Morgan fingerprint density at radius 2 is 0.926 bits per heavy atom. The van der Waals surface area contributed by atoms with E-state index in [2.05, 4.69) is 217 Å². The van der Waals surface area contributed by atoms with Gasteiger partial charge in [-0.05, 0) is 129 Å². The van der Waals surface area contributed by atoms with Crippen LogP contribution in [0.15, 0.2) is 194 Å². The number of benzene rings is 9. The molecule has 54 heavy (non-hydrogen) atoms. The minimum atomic E-state index is 1.13. The monoisotopic (exact) mass is 690 g/mol. The van der Waals surface area contributed by atoms with Crippen LogP contribution in [-0.4, -0.2) is 4.57 Å². The molecule has 10 aromatic rings. The van der Waals surface area contributed by atoms with Crippen molar-refractivity contribution in [3.8, 4) is 27.9 Å². The third-order valence-electron chi connectivity index (χ3n) is 10.9. The molecule has 0 bridgehead atoms. The highest BCUT2D eigenvalue weighted by molar-refractivity contribution is 6.21. The summed E-state index contributed by atoms with van der Waals surface area (Å²) in [7, 11) is 0. The molecule has 0 saturated carbocycles. The van der Waals surface area contributed by atoms with Crippen molar-refractivity contribution >= 4 is 60.4 Å². The molecule has 2 heteroatoms. The summed E-state index contributed by atoms with van der Waals surface area (Å²) in [6, 6.07) is 70.8. The second-order valence-electron chi connectivity index (χ2n) is 14.3. The first-order valence-corrected chi connectivity index (χ1v) is 18.7. The second kappa shape index (κ2) is 12.9. The van der Waals surface area contributed by atoms with Gasteiger partial charge in [0.05, 0.1) is 11.0 Å². The molecule has 0 amide bonds. The van der Waals surface area contributed by atoms with Crippen molar-refractivity contribution < 1.29 is 0 Å². The van der Waals surface area contributed by atoms with E-state index in [4.69, 9.17) is 0 Å². The van der Waals surface area contributed by atoms with Crippen molar-refractivity contribution in [1.82, 2.24) is 4.57 Å². The molecule has 0 atom stereocenters. The Hall–Kier alpha value is -6.90. The van der Waals surface area contributed by atoms with Gasteiger partial charge in [0.25, 0.3) is 0 Å². The van der Waals surface area contributed by atoms with Crippen molar-refractivity contribution in [2.45, 2.75) is 13.8 Å². The number of fused-ring (bicyclic) bond motifs is 5. The Labute approximate surface area is 315 Å². The summed E-state index contributed by atoms with van der Waals surface area (Å²) in [5.74, 6) is 0. The van der Waals surface area contributed by atoms with Crippen LogP contribution in [0.25, 0.3) is 71.3 Å². The molecule has 1 aromatic heterocycles. The molecule has 0 unspecified atom stereocenters. The molecule has 0 spiro atoms. The van der Waals surface area contributed by atoms with E-state index in [1.54, 1.807) is 0 Å². The van der Waals surface area contributed by atoms with Gasteiger partial charge in [0.1, 0.15) is 0 Å². The lowest BCUT2D eigenvalue weighted by molar-refractivity contribution is 1.18. The Balaban J connectivity index is 1.14. The van der Waals surface area contributed by atoms with Crippen molar-refractivity contribution in [3.63, 3.8) is 0 Å². The largest absolute Gasteiger partial charge is 0.310 e. The van der Waals surface area contributed by atoms with Gasteiger partial charge < -0.3 is 9.47 Å². The molecule has 0 N–H and O–H groups in total. The molecule has 0 saturated heterocycles. The average Bonchev–Trinajstić information content (AvgIpc) is 3.55. The number of anilines is 3. The molecule has 0 aliphatic heterocycles. The summed E-state index contributed by atoms with van der Waals surface area (Å²) in [4.78, 5) is 2.35. The number of para-hydroxylation sites is 2. The predicted molar refractivity (Wildman–Crippen MR) is 231 cm³/mol. The average molecular weight is 691 g/mol. The van der Waals surface area contributed by atoms with Gasteiger partial charge in [0.15, 0.2) is 0 Å². The minimum absolute atomic E-state index is 1.13. The van der Waals surface area contributed by atoms with E-state index >= 15 is 0 Å². The van der Waals surface area contributed by atoms with Crippen molar-refractivity contribution in [1.29, 1.82) is 0 Å². The fraction of sp³-hybridized carbons (Fsp3) is 0.0385. The fourth-order valence-corrected chi connectivity index (χ4v) is 8.53. The van der Waals surface area contributed by atoms with E-state index in [0.29, 0.717) is 0 Å². The minimum Gasteiger partial charge on any atom is -0.310 e. The van der Waals surface area contributed by atoms with E-state index in [9.17, 15) is 0 Å². The Bertz CT molecular complexity index is 2950. The third kappa shape index (κ3) is 5.18. The number of rotatable bonds is 6. The molecular formula is C52H38N2. The number of aromatic nitrogens is 1. The Morgan fingerprint density at radius 1 is 0.370 bits per heavy atom. The lowest BCUT2D eigenvalue weighted by Crippen LogP contribution is -2.09. The quantitative estimate of drug-likeness (QED) is 0.158. The van der Waals surface area contributed by atoms with Gasteiger partial charge in [-0.15, -0.1) is 0 Å². The van der Waals surface area contributed by atoms with Gasteiger partial charge in [-0.25, -0.2) is 0 Å². The van der Waals surface area contributed by atoms with Gasteiger partial charge in [-0.1, -0.05) is 133 Å². The van der Waals surface area contributed by atoms with Crippen LogP contribution >= 0.6 is 0 Å². The van der Waals surface area contributed by atoms with Crippen molar-refractivity contribution in [2.75, 3.05) is 4.90 Å². The maximum absolute atomic E-state index is 2.41. The van der Waals surface area contributed by atoms with Crippen LogP contribution in [-0.2, 0) is 0 Å². The van der Waals surface area contributed by atoms with E-state index in [-0.39, 0.29) is 0 Å². The van der Waals surface area contributed by atoms with Crippen LogP contribution in [0.5, 0.6) is 0 Å². The maximum atomic E-state index is 2.41. The molecule has 1 heterocycles. The van der Waals surface area contributed by atoms with E-state index < -0.39 is 0 Å². The fourth-order valence-electron chi connectivity index (χ4n) is 8.53. The number of hydrogen-bond acceptors (Lipinski definition) is 1. The first kappa shape index (κ1) is 31.8. The second-order valence-corrected chi connectivity index (χ2v) is 14.3. The molecule has 2 nitrogen and oxygen atoms in total. The molecular weight excluding hydrogens is 653 g/mol. The summed E-state index contributed by atoms with van der Waals surface area (Å²) in [5.41, 5.74) is 14.5. The van der Waals surface area contributed by atoms with Crippen molar-refractivity contribution in [3.05, 3.63) is 205 Å². The third-order valence-corrected chi connectivity index (χ3v) is 10.9. The number of aryl methyl sites for hydroxylation is 2. The van der Waals surface area contributed by atoms with E-state index in [1.165, 1.54) is 76.7 Å². The summed E-state index contributed by atoms with van der Waals surface area (Å²) in [5, 5.41) is 7.55. The lowest BCUT2D eigenvalue weighted by Gasteiger charge is -2.26. The maximum Gasteiger partial charge on any atom is 0.0542 e. The smallest absolute Gasteiger partial charge is 0.0542 e. The van der Waals surface area contributed by atoms with E-state index in [1.807, 2.05) is 0 Å². The highest BCUT2D eigenvalue weighted by Crippen LogP contribution is 2.45. The standard InChI is InChI=1S/C52H38N2/c1-35-15-14-19-40(33-35)53(38-17-4-3-5-18-38)41-31-32-50-48(34-41)43-21-12-13-26-49(43)54(50)39-29-27-37(28-30-39)51-44-22-8-10-24-46(44)52(42-20-7-6-16-36(42)2)47-25-11-9-23-45(47)51/h3-34H,1-2H3.